The van der Waals surface area contributed by atoms with Gasteiger partial charge in [-0.2, -0.15) is 4.98 Å². The Kier molecular flexibility index (Phi) is 6.10. The highest BCUT2D eigenvalue weighted by atomic mass is 16.5. The van der Waals surface area contributed by atoms with E-state index in [-0.39, 0.29) is 5.91 Å². The average molecular weight is 408 g/mol. The van der Waals surface area contributed by atoms with Crippen LogP contribution in [0.25, 0.3) is 11.4 Å². The number of aryl methyl sites for hydroxylation is 1. The zero-order valence-corrected chi connectivity index (χ0v) is 17.9. The third-order valence-electron chi connectivity index (χ3n) is 4.45. The van der Waals surface area contributed by atoms with Crippen LogP contribution in [0, 0.1) is 13.8 Å². The molecular weight excluding hydrogens is 382 g/mol. The van der Waals surface area contributed by atoms with Gasteiger partial charge in [-0.05, 0) is 32.4 Å². The minimum absolute atomic E-state index is 0.352. The molecule has 7 nitrogen and oxygen atoms in total. The zero-order valence-electron chi connectivity index (χ0n) is 17.9. The first-order valence-corrected chi connectivity index (χ1v) is 9.56. The van der Waals surface area contributed by atoms with E-state index in [1.54, 1.807) is 31.1 Å². The number of carbonyl (C=O) groups is 1. The maximum absolute atomic E-state index is 12.5. The smallest absolute Gasteiger partial charge is 0.228 e. The second kappa shape index (κ2) is 8.57. The molecule has 157 valence electrons. The Morgan fingerprint density at radius 1 is 1.17 bits per heavy atom. The molecule has 7 heteroatoms. The van der Waals surface area contributed by atoms with Crippen LogP contribution in [0.15, 0.2) is 47.0 Å². The highest BCUT2D eigenvalue weighted by molar-refractivity contribution is 6.01. The van der Waals surface area contributed by atoms with Crippen LogP contribution in [0.5, 0.6) is 11.5 Å². The quantitative estimate of drug-likeness (QED) is 0.593. The number of anilines is 1. The summed E-state index contributed by atoms with van der Waals surface area (Å²) >= 11 is 0. The minimum atomic E-state index is -0.544. The van der Waals surface area contributed by atoms with E-state index in [9.17, 15) is 4.79 Å². The van der Waals surface area contributed by atoms with Crippen LogP contribution in [0.2, 0.25) is 0 Å². The molecule has 0 N–H and O–H groups in total. The van der Waals surface area contributed by atoms with Gasteiger partial charge in [-0.3, -0.25) is 4.79 Å². The SMILES string of the molecule is [CH2]C(=O)N(c1cc(OCc2ccccc2)c(OC)cc1-c1noc(C)n1)C(C)(C)C. The van der Waals surface area contributed by atoms with Gasteiger partial charge in [-0.25, -0.2) is 0 Å². The summed E-state index contributed by atoms with van der Waals surface area (Å²) in [6.45, 7) is 11.5. The summed E-state index contributed by atoms with van der Waals surface area (Å²) in [6.07, 6.45) is 0. The minimum Gasteiger partial charge on any atom is -0.493 e. The Morgan fingerprint density at radius 2 is 1.87 bits per heavy atom. The van der Waals surface area contributed by atoms with Crippen LogP contribution >= 0.6 is 0 Å². The van der Waals surface area contributed by atoms with Crippen molar-refractivity contribution in [2.75, 3.05) is 12.0 Å². The Labute approximate surface area is 176 Å². The zero-order chi connectivity index (χ0) is 21.9. The van der Waals surface area contributed by atoms with Crippen molar-refractivity contribution in [3.05, 3.63) is 60.8 Å². The maximum Gasteiger partial charge on any atom is 0.228 e. The lowest BCUT2D eigenvalue weighted by Gasteiger charge is -2.36. The number of aromatic nitrogens is 2. The fourth-order valence-corrected chi connectivity index (χ4v) is 3.20. The maximum atomic E-state index is 12.5. The van der Waals surface area contributed by atoms with E-state index in [4.69, 9.17) is 14.0 Å². The lowest BCUT2D eigenvalue weighted by atomic mass is 10.0. The van der Waals surface area contributed by atoms with E-state index in [1.807, 2.05) is 51.1 Å². The molecule has 0 spiro atoms. The summed E-state index contributed by atoms with van der Waals surface area (Å²) in [6, 6.07) is 13.3. The number of hydrogen-bond donors (Lipinski definition) is 0. The molecule has 1 radical (unpaired) electrons. The van der Waals surface area contributed by atoms with Gasteiger partial charge in [0.2, 0.25) is 17.6 Å². The van der Waals surface area contributed by atoms with E-state index in [2.05, 4.69) is 17.1 Å². The molecule has 0 aliphatic heterocycles. The van der Waals surface area contributed by atoms with E-state index < -0.39 is 5.54 Å². The van der Waals surface area contributed by atoms with Crippen LogP contribution in [-0.2, 0) is 11.4 Å². The van der Waals surface area contributed by atoms with Crippen molar-refractivity contribution in [2.45, 2.75) is 39.8 Å². The van der Waals surface area contributed by atoms with Gasteiger partial charge in [0.25, 0.3) is 0 Å². The molecule has 0 fully saturated rings. The van der Waals surface area contributed by atoms with Crippen molar-refractivity contribution in [1.29, 1.82) is 0 Å². The molecule has 0 saturated carbocycles. The van der Waals surface area contributed by atoms with Crippen LogP contribution in [0.3, 0.4) is 0 Å². The van der Waals surface area contributed by atoms with Crippen LogP contribution in [-0.4, -0.2) is 28.7 Å². The lowest BCUT2D eigenvalue weighted by Crippen LogP contribution is -2.45. The van der Waals surface area contributed by atoms with Crippen molar-refractivity contribution >= 4 is 11.6 Å². The molecule has 0 atom stereocenters. The highest BCUT2D eigenvalue weighted by Crippen LogP contribution is 2.42. The van der Waals surface area contributed by atoms with E-state index in [1.165, 1.54) is 0 Å². The van der Waals surface area contributed by atoms with E-state index >= 15 is 0 Å². The summed E-state index contributed by atoms with van der Waals surface area (Å²) in [5.74, 6) is 1.41. The van der Waals surface area contributed by atoms with Crippen molar-refractivity contribution in [3.63, 3.8) is 0 Å². The molecule has 0 aliphatic rings. The highest BCUT2D eigenvalue weighted by Gasteiger charge is 2.30. The lowest BCUT2D eigenvalue weighted by molar-refractivity contribution is -0.115. The third kappa shape index (κ3) is 4.62. The molecule has 0 bridgehead atoms. The number of amides is 1. The molecule has 2 aromatic carbocycles. The van der Waals surface area contributed by atoms with Crippen LogP contribution in [0.4, 0.5) is 5.69 Å². The predicted octanol–water partition coefficient (Wildman–Crippen LogP) is 4.60. The van der Waals surface area contributed by atoms with Gasteiger partial charge in [0, 0.05) is 25.5 Å². The molecule has 3 rings (SSSR count). The van der Waals surface area contributed by atoms with Crippen molar-refractivity contribution < 1.29 is 18.8 Å². The summed E-state index contributed by atoms with van der Waals surface area (Å²) in [4.78, 5) is 18.4. The summed E-state index contributed by atoms with van der Waals surface area (Å²) in [5.41, 5.74) is 1.62. The number of rotatable bonds is 6. The number of benzene rings is 2. The molecule has 0 saturated heterocycles. The van der Waals surface area contributed by atoms with Crippen molar-refractivity contribution in [3.8, 4) is 22.9 Å². The molecule has 1 aromatic heterocycles. The fourth-order valence-electron chi connectivity index (χ4n) is 3.20. The molecular formula is C23H26N3O4. The topological polar surface area (TPSA) is 77.7 Å². The van der Waals surface area contributed by atoms with Gasteiger partial charge in [0.05, 0.1) is 18.4 Å². The second-order valence-electron chi connectivity index (χ2n) is 7.83. The Morgan fingerprint density at radius 3 is 2.40 bits per heavy atom. The first-order chi connectivity index (χ1) is 14.2. The number of carbonyl (C=O) groups excluding carboxylic acids is 1. The molecule has 0 unspecified atom stereocenters. The Bertz CT molecular complexity index is 1020. The van der Waals surface area contributed by atoms with Gasteiger partial charge in [-0.15, -0.1) is 0 Å². The number of ether oxygens (including phenoxy) is 2. The normalized spacial score (nSPS) is 11.3. The summed E-state index contributed by atoms with van der Waals surface area (Å²) in [7, 11) is 1.56. The number of methoxy groups -OCH3 is 1. The summed E-state index contributed by atoms with van der Waals surface area (Å²) in [5, 5.41) is 4.03. The molecule has 3 aromatic rings. The first kappa shape index (κ1) is 21.4. The van der Waals surface area contributed by atoms with E-state index in [0.29, 0.717) is 41.1 Å². The monoisotopic (exact) mass is 408 g/mol. The van der Waals surface area contributed by atoms with Gasteiger partial charge >= 0.3 is 0 Å². The Hall–Kier alpha value is -3.35. The Balaban J connectivity index is 2.13. The van der Waals surface area contributed by atoms with Crippen molar-refractivity contribution in [1.82, 2.24) is 10.1 Å². The number of nitrogens with zero attached hydrogens (tertiary/aromatic N) is 3. The van der Waals surface area contributed by atoms with Gasteiger partial charge in [0.1, 0.15) is 6.61 Å². The van der Waals surface area contributed by atoms with Gasteiger partial charge < -0.3 is 18.9 Å². The van der Waals surface area contributed by atoms with Crippen molar-refractivity contribution in [2.24, 2.45) is 0 Å². The fraction of sp³-hybridized carbons (Fsp3) is 0.304. The van der Waals surface area contributed by atoms with Crippen LogP contribution < -0.4 is 14.4 Å². The van der Waals surface area contributed by atoms with Gasteiger partial charge in [-0.1, -0.05) is 35.5 Å². The average Bonchev–Trinajstić information content (AvgIpc) is 3.12. The standard InChI is InChI=1S/C23H26N3O4/c1-15-24-22(25-30-15)18-12-20(28-6)21(29-14-17-10-8-7-9-11-17)13-19(18)26(16(2)27)23(3,4)5/h7-13H,2,14H2,1,3-6H3. The molecule has 1 amide bonds. The largest absolute Gasteiger partial charge is 0.493 e. The third-order valence-corrected chi connectivity index (χ3v) is 4.45. The van der Waals surface area contributed by atoms with Gasteiger partial charge in [0.15, 0.2) is 11.5 Å². The number of hydrogen-bond acceptors (Lipinski definition) is 6. The first-order valence-electron chi connectivity index (χ1n) is 9.56. The second-order valence-corrected chi connectivity index (χ2v) is 7.83. The molecule has 1 heterocycles. The predicted molar refractivity (Wildman–Crippen MR) is 114 cm³/mol. The van der Waals surface area contributed by atoms with Crippen LogP contribution in [0.1, 0.15) is 32.2 Å². The molecule has 30 heavy (non-hydrogen) atoms. The van der Waals surface area contributed by atoms with E-state index in [0.717, 1.165) is 5.56 Å². The summed E-state index contributed by atoms with van der Waals surface area (Å²) < 4.78 is 16.8. The molecule has 0 aliphatic carbocycles.